The van der Waals surface area contributed by atoms with Crippen LogP contribution in [0.25, 0.3) is 0 Å². The highest BCUT2D eigenvalue weighted by Gasteiger charge is 2.16. The lowest BCUT2D eigenvalue weighted by Crippen LogP contribution is -2.29. The van der Waals surface area contributed by atoms with E-state index in [0.29, 0.717) is 35.2 Å². The second-order valence-electron chi connectivity index (χ2n) is 4.69. The van der Waals surface area contributed by atoms with E-state index in [9.17, 15) is 4.79 Å². The SMILES string of the molecule is CCC(CC)CNC(=O)c1cc(OC)c(OC)cc1N. The maximum atomic E-state index is 12.2. The van der Waals surface area contributed by atoms with Crippen LogP contribution >= 0.6 is 0 Å². The van der Waals surface area contributed by atoms with Gasteiger partial charge in [-0.25, -0.2) is 0 Å². The van der Waals surface area contributed by atoms with Crippen LogP contribution in [0, 0.1) is 5.92 Å². The molecule has 0 saturated carbocycles. The van der Waals surface area contributed by atoms with Gasteiger partial charge in [-0.05, 0) is 12.0 Å². The third-order valence-electron chi connectivity index (χ3n) is 3.51. The van der Waals surface area contributed by atoms with E-state index in [-0.39, 0.29) is 5.91 Å². The third-order valence-corrected chi connectivity index (χ3v) is 3.51. The largest absolute Gasteiger partial charge is 0.493 e. The number of anilines is 1. The summed E-state index contributed by atoms with van der Waals surface area (Å²) in [6.45, 7) is 4.88. The molecule has 0 bridgehead atoms. The predicted octanol–water partition coefficient (Wildman–Crippen LogP) is 2.45. The molecule has 0 heterocycles. The summed E-state index contributed by atoms with van der Waals surface area (Å²) in [5.74, 6) is 1.31. The van der Waals surface area contributed by atoms with Crippen molar-refractivity contribution in [3.63, 3.8) is 0 Å². The summed E-state index contributed by atoms with van der Waals surface area (Å²) in [5, 5.41) is 2.92. The average molecular weight is 280 g/mol. The van der Waals surface area contributed by atoms with Crippen molar-refractivity contribution in [2.24, 2.45) is 5.92 Å². The number of nitrogens with two attached hydrogens (primary N) is 1. The maximum Gasteiger partial charge on any atom is 0.253 e. The van der Waals surface area contributed by atoms with E-state index in [0.717, 1.165) is 12.8 Å². The standard InChI is InChI=1S/C15H24N2O3/c1-5-10(6-2)9-17-15(18)11-7-13(19-3)14(20-4)8-12(11)16/h7-8,10H,5-6,9,16H2,1-4H3,(H,17,18). The van der Waals surface area contributed by atoms with Crippen LogP contribution in [-0.4, -0.2) is 26.7 Å². The molecular formula is C15H24N2O3. The molecule has 112 valence electrons. The predicted molar refractivity (Wildman–Crippen MR) is 80.4 cm³/mol. The lowest BCUT2D eigenvalue weighted by Gasteiger charge is -2.15. The molecule has 3 N–H and O–H groups in total. The van der Waals surface area contributed by atoms with Crippen LogP contribution in [0.2, 0.25) is 0 Å². The van der Waals surface area contributed by atoms with Crippen molar-refractivity contribution in [3.8, 4) is 11.5 Å². The Balaban J connectivity index is 2.87. The zero-order chi connectivity index (χ0) is 15.1. The number of nitrogens with one attached hydrogen (secondary N) is 1. The number of carbonyl (C=O) groups excluding carboxylic acids is 1. The molecule has 0 aliphatic heterocycles. The fourth-order valence-corrected chi connectivity index (χ4v) is 2.00. The monoisotopic (exact) mass is 280 g/mol. The molecule has 1 amide bonds. The van der Waals surface area contributed by atoms with Crippen LogP contribution in [0.15, 0.2) is 12.1 Å². The summed E-state index contributed by atoms with van der Waals surface area (Å²) in [7, 11) is 3.06. The van der Waals surface area contributed by atoms with Gasteiger partial charge in [-0.15, -0.1) is 0 Å². The first-order valence-electron chi connectivity index (χ1n) is 6.86. The van der Waals surface area contributed by atoms with Gasteiger partial charge in [0.25, 0.3) is 5.91 Å². The molecule has 1 aromatic rings. The molecule has 5 heteroatoms. The molecule has 0 spiro atoms. The molecule has 0 aliphatic carbocycles. The van der Waals surface area contributed by atoms with Gasteiger partial charge < -0.3 is 20.5 Å². The van der Waals surface area contributed by atoms with Crippen LogP contribution < -0.4 is 20.5 Å². The summed E-state index contributed by atoms with van der Waals surface area (Å²) in [5.41, 5.74) is 6.69. The number of amides is 1. The van der Waals surface area contributed by atoms with E-state index in [1.807, 2.05) is 0 Å². The number of carbonyl (C=O) groups is 1. The number of nitrogen functional groups attached to an aromatic ring is 1. The zero-order valence-corrected chi connectivity index (χ0v) is 12.7. The van der Waals surface area contributed by atoms with Gasteiger partial charge in [-0.3, -0.25) is 4.79 Å². The number of hydrogen-bond acceptors (Lipinski definition) is 4. The Hall–Kier alpha value is -1.91. The lowest BCUT2D eigenvalue weighted by atomic mass is 10.0. The van der Waals surface area contributed by atoms with Crippen molar-refractivity contribution < 1.29 is 14.3 Å². The van der Waals surface area contributed by atoms with Crippen LogP contribution in [0.3, 0.4) is 0 Å². The Kier molecular flexibility index (Phi) is 6.15. The van der Waals surface area contributed by atoms with Crippen molar-refractivity contribution in [1.82, 2.24) is 5.32 Å². The Bertz CT molecular complexity index is 457. The molecule has 0 atom stereocenters. The van der Waals surface area contributed by atoms with E-state index in [1.54, 1.807) is 12.1 Å². The maximum absolute atomic E-state index is 12.2. The summed E-state index contributed by atoms with van der Waals surface area (Å²) in [4.78, 5) is 12.2. The fraction of sp³-hybridized carbons (Fsp3) is 0.533. The molecule has 0 aliphatic rings. The van der Waals surface area contributed by atoms with Crippen LogP contribution in [0.4, 0.5) is 5.69 Å². The molecule has 0 saturated heterocycles. The minimum Gasteiger partial charge on any atom is -0.493 e. The van der Waals surface area contributed by atoms with E-state index in [4.69, 9.17) is 15.2 Å². The first-order valence-corrected chi connectivity index (χ1v) is 6.86. The lowest BCUT2D eigenvalue weighted by molar-refractivity contribution is 0.0947. The van der Waals surface area contributed by atoms with Gasteiger partial charge in [-0.2, -0.15) is 0 Å². The molecule has 0 unspecified atom stereocenters. The van der Waals surface area contributed by atoms with Crippen molar-refractivity contribution in [2.75, 3.05) is 26.5 Å². The molecule has 0 aromatic heterocycles. The van der Waals surface area contributed by atoms with E-state index in [1.165, 1.54) is 14.2 Å². The van der Waals surface area contributed by atoms with E-state index in [2.05, 4.69) is 19.2 Å². The van der Waals surface area contributed by atoms with Crippen molar-refractivity contribution in [1.29, 1.82) is 0 Å². The van der Waals surface area contributed by atoms with Gasteiger partial charge in [0.05, 0.1) is 19.8 Å². The minimum absolute atomic E-state index is 0.185. The first-order chi connectivity index (χ1) is 9.57. The summed E-state index contributed by atoms with van der Waals surface area (Å²) in [6.07, 6.45) is 2.08. The van der Waals surface area contributed by atoms with Gasteiger partial charge in [0, 0.05) is 18.3 Å². The van der Waals surface area contributed by atoms with Gasteiger partial charge in [0.15, 0.2) is 11.5 Å². The topological polar surface area (TPSA) is 73.6 Å². The fourth-order valence-electron chi connectivity index (χ4n) is 2.00. The molecule has 1 rings (SSSR count). The van der Waals surface area contributed by atoms with Gasteiger partial charge in [0.1, 0.15) is 0 Å². The number of ether oxygens (including phenoxy) is 2. The van der Waals surface area contributed by atoms with Gasteiger partial charge in [-0.1, -0.05) is 26.7 Å². The Morgan fingerprint density at radius 2 is 1.75 bits per heavy atom. The quantitative estimate of drug-likeness (QED) is 0.752. The van der Waals surface area contributed by atoms with Crippen molar-refractivity contribution in [3.05, 3.63) is 17.7 Å². The normalized spacial score (nSPS) is 10.4. The second kappa shape index (κ2) is 7.62. The third kappa shape index (κ3) is 3.79. The molecule has 5 nitrogen and oxygen atoms in total. The summed E-state index contributed by atoms with van der Waals surface area (Å²) >= 11 is 0. The van der Waals surface area contributed by atoms with Crippen molar-refractivity contribution >= 4 is 11.6 Å². The highest BCUT2D eigenvalue weighted by atomic mass is 16.5. The number of methoxy groups -OCH3 is 2. The summed E-state index contributed by atoms with van der Waals surface area (Å²) in [6, 6.07) is 3.21. The van der Waals surface area contributed by atoms with Gasteiger partial charge in [0.2, 0.25) is 0 Å². The molecule has 1 aromatic carbocycles. The molecule has 0 radical (unpaired) electrons. The summed E-state index contributed by atoms with van der Waals surface area (Å²) < 4.78 is 10.3. The number of benzene rings is 1. The number of hydrogen-bond donors (Lipinski definition) is 2. The number of rotatable bonds is 7. The first kappa shape index (κ1) is 16.1. The smallest absolute Gasteiger partial charge is 0.253 e. The Morgan fingerprint density at radius 3 is 2.25 bits per heavy atom. The molecular weight excluding hydrogens is 256 g/mol. The Morgan fingerprint density at radius 1 is 1.20 bits per heavy atom. The van der Waals surface area contributed by atoms with Gasteiger partial charge >= 0.3 is 0 Å². The van der Waals surface area contributed by atoms with E-state index >= 15 is 0 Å². The highest BCUT2D eigenvalue weighted by molar-refractivity contribution is 6.00. The van der Waals surface area contributed by atoms with E-state index < -0.39 is 0 Å². The molecule has 20 heavy (non-hydrogen) atoms. The minimum atomic E-state index is -0.185. The van der Waals surface area contributed by atoms with Crippen LogP contribution in [-0.2, 0) is 0 Å². The Labute approximate surface area is 120 Å². The average Bonchev–Trinajstić information content (AvgIpc) is 2.47. The highest BCUT2D eigenvalue weighted by Crippen LogP contribution is 2.31. The van der Waals surface area contributed by atoms with Crippen LogP contribution in [0.1, 0.15) is 37.0 Å². The zero-order valence-electron chi connectivity index (χ0n) is 12.7. The van der Waals surface area contributed by atoms with Crippen LogP contribution in [0.5, 0.6) is 11.5 Å². The van der Waals surface area contributed by atoms with Crippen molar-refractivity contribution in [2.45, 2.75) is 26.7 Å². The molecule has 0 fully saturated rings. The second-order valence-corrected chi connectivity index (χ2v) is 4.69.